The summed E-state index contributed by atoms with van der Waals surface area (Å²) in [6.45, 7) is 6.80. The first-order valence-electron chi connectivity index (χ1n) is 6.59. The molecule has 0 bridgehead atoms. The second kappa shape index (κ2) is 5.50. The van der Waals surface area contributed by atoms with Crippen LogP contribution >= 0.6 is 0 Å². The van der Waals surface area contributed by atoms with Crippen molar-refractivity contribution in [3.63, 3.8) is 0 Å². The van der Waals surface area contributed by atoms with Crippen molar-refractivity contribution in [3.8, 4) is 0 Å². The molecule has 1 unspecified atom stereocenters. The van der Waals surface area contributed by atoms with Gasteiger partial charge in [0.25, 0.3) is 0 Å². The lowest BCUT2D eigenvalue weighted by molar-refractivity contribution is 0.436. The average molecular weight is 233 g/mol. The van der Waals surface area contributed by atoms with Gasteiger partial charge in [0.15, 0.2) is 0 Å². The summed E-state index contributed by atoms with van der Waals surface area (Å²) in [7, 11) is 1.99. The Balaban J connectivity index is 2.10. The molecular formula is C14H23N3. The van der Waals surface area contributed by atoms with Crippen molar-refractivity contribution in [2.45, 2.75) is 32.7 Å². The lowest BCUT2D eigenvalue weighted by Gasteiger charge is -2.31. The maximum absolute atomic E-state index is 4.50. The third kappa shape index (κ3) is 2.97. The number of anilines is 1. The molecule has 3 heteroatoms. The van der Waals surface area contributed by atoms with Gasteiger partial charge >= 0.3 is 0 Å². The van der Waals surface area contributed by atoms with Crippen molar-refractivity contribution in [1.29, 1.82) is 0 Å². The van der Waals surface area contributed by atoms with Crippen LogP contribution in [0.15, 0.2) is 18.3 Å². The van der Waals surface area contributed by atoms with E-state index in [2.05, 4.69) is 41.2 Å². The molecule has 1 aromatic heterocycles. The van der Waals surface area contributed by atoms with Crippen LogP contribution in [0.5, 0.6) is 0 Å². The van der Waals surface area contributed by atoms with Crippen LogP contribution in [0.4, 0.5) is 5.82 Å². The highest BCUT2D eigenvalue weighted by Gasteiger charge is 2.17. The number of rotatable bonds is 3. The maximum Gasteiger partial charge on any atom is 0.128 e. The van der Waals surface area contributed by atoms with Gasteiger partial charge in [0.05, 0.1) is 0 Å². The lowest BCUT2D eigenvalue weighted by atomic mass is 9.99. The van der Waals surface area contributed by atoms with Crippen LogP contribution in [0.25, 0.3) is 0 Å². The zero-order chi connectivity index (χ0) is 12.3. The highest BCUT2D eigenvalue weighted by atomic mass is 15.2. The largest absolute Gasteiger partial charge is 0.357 e. The fourth-order valence-corrected chi connectivity index (χ4v) is 2.28. The molecule has 17 heavy (non-hydrogen) atoms. The normalized spacial score (nSPS) is 19.4. The van der Waals surface area contributed by atoms with Crippen LogP contribution in [0.3, 0.4) is 0 Å². The van der Waals surface area contributed by atoms with Gasteiger partial charge in [0.2, 0.25) is 0 Å². The smallest absolute Gasteiger partial charge is 0.128 e. The SMILES string of the molecule is CNC(C)c1ccnc(N2CCC(C)CC2)c1. The van der Waals surface area contributed by atoms with E-state index in [0.29, 0.717) is 6.04 Å². The third-order valence-electron chi connectivity index (χ3n) is 3.81. The molecule has 1 N–H and O–H groups in total. The van der Waals surface area contributed by atoms with Gasteiger partial charge in [-0.2, -0.15) is 0 Å². The Bertz CT molecular complexity index is 356. The molecule has 1 aliphatic heterocycles. The molecule has 0 amide bonds. The second-order valence-electron chi connectivity index (χ2n) is 5.13. The van der Waals surface area contributed by atoms with Crippen LogP contribution in [0.2, 0.25) is 0 Å². The number of aromatic nitrogens is 1. The Hall–Kier alpha value is -1.09. The molecule has 2 rings (SSSR count). The van der Waals surface area contributed by atoms with Gasteiger partial charge in [0, 0.05) is 25.3 Å². The summed E-state index contributed by atoms with van der Waals surface area (Å²) < 4.78 is 0. The van der Waals surface area contributed by atoms with Crippen molar-refractivity contribution in [2.75, 3.05) is 25.0 Å². The molecule has 2 heterocycles. The van der Waals surface area contributed by atoms with Crippen LogP contribution in [0.1, 0.15) is 38.3 Å². The van der Waals surface area contributed by atoms with Crippen LogP contribution < -0.4 is 10.2 Å². The fourth-order valence-electron chi connectivity index (χ4n) is 2.28. The molecule has 0 radical (unpaired) electrons. The number of hydrogen-bond donors (Lipinski definition) is 1. The summed E-state index contributed by atoms with van der Waals surface area (Å²) in [6, 6.07) is 4.70. The van der Waals surface area contributed by atoms with Crippen molar-refractivity contribution in [1.82, 2.24) is 10.3 Å². The number of hydrogen-bond acceptors (Lipinski definition) is 3. The Labute approximate surface area is 104 Å². The molecule has 0 aliphatic carbocycles. The first kappa shape index (κ1) is 12.4. The Morgan fingerprint density at radius 2 is 2.12 bits per heavy atom. The first-order chi connectivity index (χ1) is 8.20. The van der Waals surface area contributed by atoms with Gasteiger partial charge in [-0.1, -0.05) is 6.92 Å². The molecule has 1 aliphatic rings. The Morgan fingerprint density at radius 3 is 2.76 bits per heavy atom. The zero-order valence-corrected chi connectivity index (χ0v) is 11.1. The monoisotopic (exact) mass is 233 g/mol. The van der Waals surface area contributed by atoms with E-state index in [4.69, 9.17) is 0 Å². The molecule has 0 saturated carbocycles. The molecule has 0 spiro atoms. The van der Waals surface area contributed by atoms with E-state index in [0.717, 1.165) is 24.8 Å². The van der Waals surface area contributed by atoms with Gasteiger partial charge in [0.1, 0.15) is 5.82 Å². The van der Waals surface area contributed by atoms with E-state index in [1.54, 1.807) is 0 Å². The predicted octanol–water partition coefficient (Wildman–Crippen LogP) is 2.60. The molecule has 1 aromatic rings. The van der Waals surface area contributed by atoms with Crippen molar-refractivity contribution in [2.24, 2.45) is 5.92 Å². The third-order valence-corrected chi connectivity index (χ3v) is 3.81. The van der Waals surface area contributed by atoms with Crippen molar-refractivity contribution < 1.29 is 0 Å². The predicted molar refractivity (Wildman–Crippen MR) is 72.3 cm³/mol. The van der Waals surface area contributed by atoms with E-state index < -0.39 is 0 Å². The van der Waals surface area contributed by atoms with Gasteiger partial charge in [-0.25, -0.2) is 4.98 Å². The fraction of sp³-hybridized carbons (Fsp3) is 0.643. The standard InChI is InChI=1S/C14H23N3/c1-11-5-8-17(9-6-11)14-10-13(4-7-16-14)12(2)15-3/h4,7,10-12,15H,5-6,8-9H2,1-3H3. The molecule has 1 fully saturated rings. The molecule has 3 nitrogen and oxygen atoms in total. The highest BCUT2D eigenvalue weighted by Crippen LogP contribution is 2.23. The number of pyridine rings is 1. The maximum atomic E-state index is 4.50. The van der Waals surface area contributed by atoms with Crippen LogP contribution in [-0.2, 0) is 0 Å². The van der Waals surface area contributed by atoms with E-state index in [9.17, 15) is 0 Å². The van der Waals surface area contributed by atoms with Gasteiger partial charge in [-0.05, 0) is 50.4 Å². The van der Waals surface area contributed by atoms with E-state index in [1.165, 1.54) is 18.4 Å². The minimum Gasteiger partial charge on any atom is -0.357 e. The van der Waals surface area contributed by atoms with Crippen LogP contribution in [-0.4, -0.2) is 25.1 Å². The zero-order valence-electron chi connectivity index (χ0n) is 11.1. The molecule has 94 valence electrons. The Kier molecular flexibility index (Phi) is 4.00. The highest BCUT2D eigenvalue weighted by molar-refractivity contribution is 5.42. The summed E-state index contributed by atoms with van der Waals surface area (Å²) >= 11 is 0. The topological polar surface area (TPSA) is 28.2 Å². The number of nitrogens with one attached hydrogen (secondary N) is 1. The van der Waals surface area contributed by atoms with Crippen LogP contribution in [0, 0.1) is 5.92 Å². The van der Waals surface area contributed by atoms with Gasteiger partial charge in [-0.3, -0.25) is 0 Å². The average Bonchev–Trinajstić information content (AvgIpc) is 2.39. The minimum atomic E-state index is 0.389. The first-order valence-corrected chi connectivity index (χ1v) is 6.59. The number of piperidine rings is 1. The molecular weight excluding hydrogens is 210 g/mol. The summed E-state index contributed by atoms with van der Waals surface area (Å²) in [4.78, 5) is 6.91. The Morgan fingerprint density at radius 1 is 1.41 bits per heavy atom. The molecule has 0 aromatic carbocycles. The van der Waals surface area contributed by atoms with E-state index in [1.807, 2.05) is 13.2 Å². The second-order valence-corrected chi connectivity index (χ2v) is 5.13. The van der Waals surface area contributed by atoms with Crippen molar-refractivity contribution >= 4 is 5.82 Å². The lowest BCUT2D eigenvalue weighted by Crippen LogP contribution is -2.33. The molecule has 1 atom stereocenters. The van der Waals surface area contributed by atoms with E-state index in [-0.39, 0.29) is 0 Å². The summed E-state index contributed by atoms with van der Waals surface area (Å²) in [5, 5.41) is 3.27. The van der Waals surface area contributed by atoms with Gasteiger partial charge in [-0.15, -0.1) is 0 Å². The quantitative estimate of drug-likeness (QED) is 0.870. The minimum absolute atomic E-state index is 0.389. The summed E-state index contributed by atoms with van der Waals surface area (Å²) in [5.74, 6) is 2.00. The summed E-state index contributed by atoms with van der Waals surface area (Å²) in [5.41, 5.74) is 1.32. The van der Waals surface area contributed by atoms with Gasteiger partial charge < -0.3 is 10.2 Å². The summed E-state index contributed by atoms with van der Waals surface area (Å²) in [6.07, 6.45) is 4.50. The molecule has 1 saturated heterocycles. The van der Waals surface area contributed by atoms with E-state index >= 15 is 0 Å². The van der Waals surface area contributed by atoms with Crippen molar-refractivity contribution in [3.05, 3.63) is 23.9 Å². The number of nitrogens with zero attached hydrogens (tertiary/aromatic N) is 2.